The second-order valence-electron chi connectivity index (χ2n) is 7.94. The van der Waals surface area contributed by atoms with Gasteiger partial charge in [-0.05, 0) is 23.8 Å². The fraction of sp³-hybridized carbons (Fsp3) is 0.154. The van der Waals surface area contributed by atoms with Crippen molar-refractivity contribution in [3.63, 3.8) is 0 Å². The molecule has 5 rings (SSSR count). The van der Waals surface area contributed by atoms with Gasteiger partial charge in [0.2, 0.25) is 0 Å². The van der Waals surface area contributed by atoms with Crippen LogP contribution in [0.15, 0.2) is 79.4 Å². The number of imidazole rings is 1. The van der Waals surface area contributed by atoms with Crippen molar-refractivity contribution in [3.8, 4) is 22.8 Å². The van der Waals surface area contributed by atoms with E-state index in [-0.39, 0.29) is 5.91 Å². The first-order chi connectivity index (χ1) is 17.1. The molecule has 35 heavy (non-hydrogen) atoms. The van der Waals surface area contributed by atoms with Gasteiger partial charge < -0.3 is 19.4 Å². The molecular weight excluding hydrogens is 444 g/mol. The Bertz CT molecular complexity index is 1470. The van der Waals surface area contributed by atoms with Gasteiger partial charge in [0, 0.05) is 37.3 Å². The van der Waals surface area contributed by atoms with Crippen molar-refractivity contribution >= 4 is 11.6 Å². The molecule has 0 fully saturated rings. The number of hydrogen-bond acceptors (Lipinski definition) is 6. The summed E-state index contributed by atoms with van der Waals surface area (Å²) >= 11 is 0. The van der Waals surface area contributed by atoms with Crippen LogP contribution >= 0.6 is 0 Å². The third kappa shape index (κ3) is 4.19. The molecule has 1 amide bonds. The molecule has 0 saturated carbocycles. The van der Waals surface area contributed by atoms with Crippen molar-refractivity contribution in [2.75, 3.05) is 14.2 Å². The molecule has 9 nitrogen and oxygen atoms in total. The lowest BCUT2D eigenvalue weighted by molar-refractivity contribution is 0.0942. The molecule has 0 spiro atoms. The van der Waals surface area contributed by atoms with E-state index in [1.807, 2.05) is 66.3 Å². The highest BCUT2D eigenvalue weighted by Crippen LogP contribution is 2.30. The third-order valence-electron chi connectivity index (χ3n) is 5.81. The Morgan fingerprint density at radius 1 is 0.971 bits per heavy atom. The summed E-state index contributed by atoms with van der Waals surface area (Å²) in [5, 5.41) is 7.57. The molecule has 1 N–H and O–H groups in total. The van der Waals surface area contributed by atoms with E-state index in [4.69, 9.17) is 9.47 Å². The molecule has 176 valence electrons. The Morgan fingerprint density at radius 2 is 1.71 bits per heavy atom. The number of hydrogen-bond donors (Lipinski definition) is 1. The molecule has 1 unspecified atom stereocenters. The molecule has 5 aromatic rings. The monoisotopic (exact) mass is 468 g/mol. The van der Waals surface area contributed by atoms with Crippen LogP contribution in [0.5, 0.6) is 11.5 Å². The number of carbonyl (C=O) groups is 1. The summed E-state index contributed by atoms with van der Waals surface area (Å²) in [4.78, 5) is 22.5. The summed E-state index contributed by atoms with van der Waals surface area (Å²) in [6, 6.07) is 16.6. The molecule has 0 aliphatic heterocycles. The summed E-state index contributed by atoms with van der Waals surface area (Å²) in [5.41, 5.74) is 3.40. The number of rotatable bonds is 7. The summed E-state index contributed by atoms with van der Waals surface area (Å²) in [7, 11) is 5.05. The average molecular weight is 469 g/mol. The van der Waals surface area contributed by atoms with E-state index in [2.05, 4.69) is 20.4 Å². The van der Waals surface area contributed by atoms with Gasteiger partial charge in [0.25, 0.3) is 5.91 Å². The number of methoxy groups -OCH3 is 2. The molecule has 1 atom stereocenters. The molecule has 9 heteroatoms. The minimum absolute atomic E-state index is 0.326. The molecule has 2 aromatic carbocycles. The quantitative estimate of drug-likeness (QED) is 0.392. The SMILES string of the molecule is COc1cc(OC)cc(C(NC(=O)c2cnn3c(-c4ccccc4)ccnc23)c2nccn2C)c1. The first-order valence-corrected chi connectivity index (χ1v) is 11.0. The van der Waals surface area contributed by atoms with E-state index in [9.17, 15) is 4.79 Å². The van der Waals surface area contributed by atoms with Crippen LogP contribution < -0.4 is 14.8 Å². The second kappa shape index (κ2) is 9.30. The van der Waals surface area contributed by atoms with Crippen LogP contribution in [0.25, 0.3) is 16.9 Å². The smallest absolute Gasteiger partial charge is 0.257 e. The van der Waals surface area contributed by atoms with Gasteiger partial charge in [0.1, 0.15) is 28.9 Å². The van der Waals surface area contributed by atoms with E-state index >= 15 is 0 Å². The van der Waals surface area contributed by atoms with Gasteiger partial charge in [-0.2, -0.15) is 5.10 Å². The minimum Gasteiger partial charge on any atom is -0.497 e. The zero-order valence-electron chi connectivity index (χ0n) is 19.5. The molecule has 0 radical (unpaired) electrons. The summed E-state index contributed by atoms with van der Waals surface area (Å²) in [6.45, 7) is 0. The maximum Gasteiger partial charge on any atom is 0.257 e. The number of nitrogens with one attached hydrogen (secondary N) is 1. The number of aromatic nitrogens is 5. The van der Waals surface area contributed by atoms with Crippen molar-refractivity contribution in [3.05, 3.63) is 96.3 Å². The Hall–Kier alpha value is -4.66. The maximum atomic E-state index is 13.6. The van der Waals surface area contributed by atoms with E-state index in [1.165, 1.54) is 6.20 Å². The van der Waals surface area contributed by atoms with E-state index < -0.39 is 6.04 Å². The van der Waals surface area contributed by atoms with Gasteiger partial charge >= 0.3 is 0 Å². The van der Waals surface area contributed by atoms with E-state index in [1.54, 1.807) is 37.2 Å². The first-order valence-electron chi connectivity index (χ1n) is 11.0. The maximum absolute atomic E-state index is 13.6. The lowest BCUT2D eigenvalue weighted by Gasteiger charge is -2.20. The van der Waals surface area contributed by atoms with Crippen LogP contribution in [-0.2, 0) is 7.05 Å². The molecule has 0 saturated heterocycles. The highest BCUT2D eigenvalue weighted by atomic mass is 16.5. The molecule has 3 heterocycles. The largest absolute Gasteiger partial charge is 0.497 e. The summed E-state index contributed by atoms with van der Waals surface area (Å²) in [5.74, 6) is 1.55. The lowest BCUT2D eigenvalue weighted by atomic mass is 10.0. The normalized spacial score (nSPS) is 11.9. The molecule has 3 aromatic heterocycles. The molecule has 0 aliphatic rings. The number of aryl methyl sites for hydroxylation is 1. The Labute approximate surface area is 202 Å². The van der Waals surface area contributed by atoms with Crippen molar-refractivity contribution in [1.82, 2.24) is 29.5 Å². The topological polar surface area (TPSA) is 95.6 Å². The zero-order valence-corrected chi connectivity index (χ0v) is 19.5. The van der Waals surface area contributed by atoms with Crippen LogP contribution in [0.3, 0.4) is 0 Å². The number of nitrogens with zero attached hydrogens (tertiary/aromatic N) is 5. The van der Waals surface area contributed by atoms with Crippen LogP contribution in [0.2, 0.25) is 0 Å². The van der Waals surface area contributed by atoms with Gasteiger partial charge in [0.15, 0.2) is 5.65 Å². The van der Waals surface area contributed by atoms with Crippen LogP contribution in [-0.4, -0.2) is 44.3 Å². The minimum atomic E-state index is -0.571. The number of amides is 1. The fourth-order valence-electron chi connectivity index (χ4n) is 4.04. The number of ether oxygens (including phenoxy) is 2. The van der Waals surface area contributed by atoms with Gasteiger partial charge in [-0.25, -0.2) is 14.5 Å². The predicted molar refractivity (Wildman–Crippen MR) is 130 cm³/mol. The number of benzene rings is 2. The Morgan fingerprint density at radius 3 is 2.37 bits per heavy atom. The van der Waals surface area contributed by atoms with Gasteiger partial charge in [-0.3, -0.25) is 4.79 Å². The van der Waals surface area contributed by atoms with Crippen LogP contribution in [0.4, 0.5) is 0 Å². The second-order valence-corrected chi connectivity index (χ2v) is 7.94. The lowest BCUT2D eigenvalue weighted by Crippen LogP contribution is -2.31. The van der Waals surface area contributed by atoms with Crippen molar-refractivity contribution in [2.24, 2.45) is 7.05 Å². The van der Waals surface area contributed by atoms with Crippen molar-refractivity contribution < 1.29 is 14.3 Å². The highest BCUT2D eigenvalue weighted by Gasteiger charge is 2.25. The third-order valence-corrected chi connectivity index (χ3v) is 5.81. The average Bonchev–Trinajstić information content (AvgIpc) is 3.53. The van der Waals surface area contributed by atoms with Crippen LogP contribution in [0, 0.1) is 0 Å². The van der Waals surface area contributed by atoms with E-state index in [0.717, 1.165) is 16.8 Å². The molecule has 0 bridgehead atoms. The number of fused-ring (bicyclic) bond motifs is 1. The molecule has 0 aliphatic carbocycles. The van der Waals surface area contributed by atoms with Crippen molar-refractivity contribution in [1.29, 1.82) is 0 Å². The summed E-state index contributed by atoms with van der Waals surface area (Å²) < 4.78 is 14.4. The van der Waals surface area contributed by atoms with Gasteiger partial charge in [-0.1, -0.05) is 30.3 Å². The van der Waals surface area contributed by atoms with Crippen LogP contribution in [0.1, 0.15) is 27.8 Å². The zero-order chi connectivity index (χ0) is 24.4. The van der Waals surface area contributed by atoms with E-state index in [0.29, 0.717) is 28.5 Å². The fourth-order valence-corrected chi connectivity index (χ4v) is 4.04. The standard InChI is InChI=1S/C26H24N6O3/c1-31-12-11-28-25(31)23(18-13-19(34-2)15-20(14-18)35-3)30-26(33)21-16-29-32-22(9-10-27-24(21)32)17-7-5-4-6-8-17/h4-16,23H,1-3H3,(H,30,33). The molecular formula is C26H24N6O3. The predicted octanol–water partition coefficient (Wildman–Crippen LogP) is 3.67. The Balaban J connectivity index is 1.55. The highest BCUT2D eigenvalue weighted by molar-refractivity contribution is 6.00. The Kier molecular flexibility index (Phi) is 5.88. The summed E-state index contributed by atoms with van der Waals surface area (Å²) in [6.07, 6.45) is 6.73. The number of carbonyl (C=O) groups excluding carboxylic acids is 1. The van der Waals surface area contributed by atoms with Crippen molar-refractivity contribution in [2.45, 2.75) is 6.04 Å². The van der Waals surface area contributed by atoms with Gasteiger partial charge in [-0.15, -0.1) is 0 Å². The van der Waals surface area contributed by atoms with Gasteiger partial charge in [0.05, 0.1) is 26.1 Å². The first kappa shape index (κ1) is 22.1.